The van der Waals surface area contributed by atoms with E-state index >= 15 is 0 Å². The van der Waals surface area contributed by atoms with Crippen LogP contribution in [0.4, 0.5) is 4.39 Å². The van der Waals surface area contributed by atoms with Crippen LogP contribution in [0.3, 0.4) is 0 Å². The maximum Gasteiger partial charge on any atom is 0.180 e. The smallest absolute Gasteiger partial charge is 0.180 e. The van der Waals surface area contributed by atoms with Crippen LogP contribution in [0.25, 0.3) is 11.0 Å². The molecular formula is C17H14FN3OS. The molecule has 0 amide bonds. The molecular weight excluding hydrogens is 313 g/mol. The third-order valence-corrected chi connectivity index (χ3v) is 4.05. The average molecular weight is 327 g/mol. The van der Waals surface area contributed by atoms with Gasteiger partial charge in [-0.25, -0.2) is 4.39 Å². The molecule has 0 unspecified atom stereocenters. The SMILES string of the molecule is NC(=NN=Cc1c(F)ccc2occc12)SCc1ccccc1. The largest absolute Gasteiger partial charge is 0.464 e. The van der Waals surface area contributed by atoms with E-state index in [2.05, 4.69) is 10.2 Å². The van der Waals surface area contributed by atoms with Gasteiger partial charge in [-0.05, 0) is 23.8 Å². The molecule has 0 saturated carbocycles. The summed E-state index contributed by atoms with van der Waals surface area (Å²) < 4.78 is 19.1. The van der Waals surface area contributed by atoms with Gasteiger partial charge >= 0.3 is 0 Å². The Balaban J connectivity index is 1.69. The standard InChI is InChI=1S/C17H14FN3OS/c18-15-6-7-16-13(8-9-22-16)14(15)10-20-21-17(19)23-11-12-4-2-1-3-5-12/h1-10H,11H2,(H2,19,21). The van der Waals surface area contributed by atoms with Gasteiger partial charge in [-0.2, -0.15) is 5.10 Å². The molecule has 116 valence electrons. The van der Waals surface area contributed by atoms with Gasteiger partial charge in [-0.3, -0.25) is 0 Å². The van der Waals surface area contributed by atoms with E-state index in [1.807, 2.05) is 30.3 Å². The van der Waals surface area contributed by atoms with Crippen LogP contribution in [0.5, 0.6) is 0 Å². The van der Waals surface area contributed by atoms with E-state index in [0.29, 0.717) is 27.5 Å². The van der Waals surface area contributed by atoms with E-state index in [4.69, 9.17) is 10.2 Å². The van der Waals surface area contributed by atoms with Crippen molar-refractivity contribution in [1.29, 1.82) is 0 Å². The second-order valence-electron chi connectivity index (χ2n) is 4.75. The van der Waals surface area contributed by atoms with E-state index in [1.165, 1.54) is 30.3 Å². The molecule has 0 radical (unpaired) electrons. The predicted octanol–water partition coefficient (Wildman–Crippen LogP) is 4.15. The minimum Gasteiger partial charge on any atom is -0.464 e. The highest BCUT2D eigenvalue weighted by Crippen LogP contribution is 2.21. The van der Waals surface area contributed by atoms with Crippen molar-refractivity contribution in [3.8, 4) is 0 Å². The van der Waals surface area contributed by atoms with Crippen molar-refractivity contribution in [2.24, 2.45) is 15.9 Å². The number of nitrogens with two attached hydrogens (primary N) is 1. The molecule has 0 bridgehead atoms. The van der Waals surface area contributed by atoms with Crippen LogP contribution in [0.1, 0.15) is 11.1 Å². The van der Waals surface area contributed by atoms with Gasteiger partial charge in [0.05, 0.1) is 12.5 Å². The number of halogens is 1. The zero-order valence-electron chi connectivity index (χ0n) is 12.1. The summed E-state index contributed by atoms with van der Waals surface area (Å²) in [5.74, 6) is 0.325. The second-order valence-corrected chi connectivity index (χ2v) is 5.75. The molecule has 0 fully saturated rings. The number of rotatable bonds is 4. The van der Waals surface area contributed by atoms with E-state index < -0.39 is 0 Å². The molecule has 0 spiro atoms. The van der Waals surface area contributed by atoms with Gasteiger partial charge in [0, 0.05) is 16.7 Å². The van der Waals surface area contributed by atoms with E-state index in [1.54, 1.807) is 12.1 Å². The number of hydrogen-bond donors (Lipinski definition) is 1. The molecule has 6 heteroatoms. The number of amidine groups is 1. The Morgan fingerprint density at radius 3 is 2.83 bits per heavy atom. The second kappa shape index (κ2) is 7.11. The van der Waals surface area contributed by atoms with Gasteiger partial charge in [-0.15, -0.1) is 5.10 Å². The first-order valence-electron chi connectivity index (χ1n) is 6.93. The Kier molecular flexibility index (Phi) is 4.73. The lowest BCUT2D eigenvalue weighted by Crippen LogP contribution is -2.06. The van der Waals surface area contributed by atoms with Crippen LogP contribution in [-0.4, -0.2) is 11.4 Å². The Hall–Kier alpha value is -2.60. The lowest BCUT2D eigenvalue weighted by molar-refractivity contribution is 0.609. The van der Waals surface area contributed by atoms with Crippen molar-refractivity contribution in [3.05, 3.63) is 71.7 Å². The van der Waals surface area contributed by atoms with E-state index in [0.717, 1.165) is 5.56 Å². The summed E-state index contributed by atoms with van der Waals surface area (Å²) in [6, 6.07) is 14.5. The molecule has 0 aliphatic carbocycles. The van der Waals surface area contributed by atoms with Crippen molar-refractivity contribution < 1.29 is 8.81 Å². The Morgan fingerprint density at radius 1 is 1.17 bits per heavy atom. The third kappa shape index (κ3) is 3.78. The number of benzene rings is 2. The highest BCUT2D eigenvalue weighted by molar-refractivity contribution is 8.13. The number of hydrogen-bond acceptors (Lipinski definition) is 4. The van der Waals surface area contributed by atoms with Crippen LogP contribution in [-0.2, 0) is 5.75 Å². The summed E-state index contributed by atoms with van der Waals surface area (Å²) in [5, 5.41) is 8.75. The molecule has 0 atom stereocenters. The Bertz CT molecular complexity index is 859. The molecule has 0 aliphatic heterocycles. The minimum absolute atomic E-state index is 0.324. The van der Waals surface area contributed by atoms with Crippen LogP contribution in [0.15, 0.2) is 69.4 Å². The monoisotopic (exact) mass is 327 g/mol. The van der Waals surface area contributed by atoms with E-state index in [9.17, 15) is 4.39 Å². The quantitative estimate of drug-likeness (QED) is 0.445. The molecule has 0 saturated heterocycles. The lowest BCUT2D eigenvalue weighted by Gasteiger charge is -1.99. The Labute approximate surface area is 136 Å². The highest BCUT2D eigenvalue weighted by atomic mass is 32.2. The molecule has 1 heterocycles. The predicted molar refractivity (Wildman–Crippen MR) is 93.1 cm³/mol. The number of furan rings is 1. The maximum absolute atomic E-state index is 13.9. The van der Waals surface area contributed by atoms with Crippen molar-refractivity contribution in [3.63, 3.8) is 0 Å². The molecule has 2 N–H and O–H groups in total. The van der Waals surface area contributed by atoms with Crippen molar-refractivity contribution >= 4 is 34.1 Å². The fraction of sp³-hybridized carbons (Fsp3) is 0.0588. The summed E-state index contributed by atoms with van der Waals surface area (Å²) in [6.45, 7) is 0. The molecule has 0 aliphatic rings. The molecule has 3 aromatic rings. The lowest BCUT2D eigenvalue weighted by atomic mass is 10.1. The minimum atomic E-state index is -0.381. The molecule has 4 nitrogen and oxygen atoms in total. The molecule has 23 heavy (non-hydrogen) atoms. The van der Waals surface area contributed by atoms with Gasteiger partial charge < -0.3 is 10.2 Å². The van der Waals surface area contributed by atoms with Crippen LogP contribution >= 0.6 is 11.8 Å². The Morgan fingerprint density at radius 2 is 2.00 bits per heavy atom. The summed E-state index contributed by atoms with van der Waals surface area (Å²) in [7, 11) is 0. The number of fused-ring (bicyclic) bond motifs is 1. The average Bonchev–Trinajstić information content (AvgIpc) is 3.05. The van der Waals surface area contributed by atoms with Gasteiger partial charge in [0.1, 0.15) is 11.4 Å². The van der Waals surface area contributed by atoms with Crippen molar-refractivity contribution in [1.82, 2.24) is 0 Å². The fourth-order valence-electron chi connectivity index (χ4n) is 2.07. The van der Waals surface area contributed by atoms with Gasteiger partial charge in [0.2, 0.25) is 0 Å². The van der Waals surface area contributed by atoms with Crippen molar-refractivity contribution in [2.75, 3.05) is 0 Å². The zero-order valence-corrected chi connectivity index (χ0v) is 13.0. The summed E-state index contributed by atoms with van der Waals surface area (Å²) in [5.41, 5.74) is 7.88. The first-order chi connectivity index (χ1) is 11.2. The highest BCUT2D eigenvalue weighted by Gasteiger charge is 2.07. The van der Waals surface area contributed by atoms with Crippen LogP contribution in [0, 0.1) is 5.82 Å². The summed E-state index contributed by atoms with van der Waals surface area (Å²) >= 11 is 1.38. The number of nitrogens with zero attached hydrogens (tertiary/aromatic N) is 2. The molecule has 2 aromatic carbocycles. The fourth-order valence-corrected chi connectivity index (χ4v) is 2.69. The zero-order chi connectivity index (χ0) is 16.1. The topological polar surface area (TPSA) is 63.9 Å². The number of thioether (sulfide) groups is 1. The first-order valence-corrected chi connectivity index (χ1v) is 7.91. The van der Waals surface area contributed by atoms with Crippen molar-refractivity contribution in [2.45, 2.75) is 5.75 Å². The maximum atomic E-state index is 13.9. The van der Waals surface area contributed by atoms with E-state index in [-0.39, 0.29) is 5.82 Å². The first kappa shape index (κ1) is 15.3. The molecule has 3 rings (SSSR count). The van der Waals surface area contributed by atoms with Crippen LogP contribution in [0.2, 0.25) is 0 Å². The van der Waals surface area contributed by atoms with Gasteiger partial charge in [0.15, 0.2) is 5.17 Å². The normalized spacial score (nSPS) is 12.3. The third-order valence-electron chi connectivity index (χ3n) is 3.20. The van der Waals surface area contributed by atoms with Gasteiger partial charge in [-0.1, -0.05) is 42.1 Å². The summed E-state index contributed by atoms with van der Waals surface area (Å²) in [6.07, 6.45) is 2.86. The molecule has 1 aromatic heterocycles. The van der Waals surface area contributed by atoms with Gasteiger partial charge in [0.25, 0.3) is 0 Å². The van der Waals surface area contributed by atoms with Crippen LogP contribution < -0.4 is 5.73 Å². The summed E-state index contributed by atoms with van der Waals surface area (Å²) in [4.78, 5) is 0.